The molecule has 0 aliphatic heterocycles. The summed E-state index contributed by atoms with van der Waals surface area (Å²) in [7, 11) is 0. The van der Waals surface area contributed by atoms with E-state index in [1.807, 2.05) is 6.92 Å². The summed E-state index contributed by atoms with van der Waals surface area (Å²) in [5, 5.41) is 76.3. The first-order valence-electron chi connectivity index (χ1n) is 13.4. The molecule has 0 saturated heterocycles. The number of hydrogen-bond donors (Lipinski definition) is 7. The average Bonchev–Trinajstić information content (AvgIpc) is 2.99. The van der Waals surface area contributed by atoms with Gasteiger partial charge in [0.2, 0.25) is 0 Å². The van der Waals surface area contributed by atoms with Crippen LogP contribution in [0.2, 0.25) is 0 Å². The van der Waals surface area contributed by atoms with Crippen molar-refractivity contribution in [1.82, 2.24) is 0 Å². The summed E-state index contributed by atoms with van der Waals surface area (Å²) in [4.78, 5) is 0. The van der Waals surface area contributed by atoms with Gasteiger partial charge in [0.15, 0.2) is 0 Å². The first-order valence-corrected chi connectivity index (χ1v) is 13.4. The van der Waals surface area contributed by atoms with E-state index in [9.17, 15) is 35.7 Å². The van der Waals surface area contributed by atoms with Crippen LogP contribution >= 0.6 is 0 Å². The summed E-state index contributed by atoms with van der Waals surface area (Å²) in [6.07, 6.45) is 0.270. The van der Waals surface area contributed by atoms with Crippen molar-refractivity contribution in [2.24, 2.45) is 40.4 Å². The zero-order chi connectivity index (χ0) is 25.4. The molecule has 0 spiro atoms. The Morgan fingerprint density at radius 1 is 0.912 bits per heavy atom. The molecule has 7 heteroatoms. The van der Waals surface area contributed by atoms with E-state index in [-0.39, 0.29) is 35.5 Å². The topological polar surface area (TPSA) is 142 Å². The molecule has 0 aromatic rings. The highest BCUT2D eigenvalue weighted by Crippen LogP contribution is 2.69. The van der Waals surface area contributed by atoms with Crippen molar-refractivity contribution in [3.8, 4) is 0 Å². The van der Waals surface area contributed by atoms with Crippen LogP contribution < -0.4 is 0 Å². The minimum Gasteiger partial charge on any atom is -0.393 e. The van der Waals surface area contributed by atoms with E-state index in [0.29, 0.717) is 25.7 Å². The average molecular weight is 485 g/mol. The third-order valence-electron chi connectivity index (χ3n) is 11.2. The fourth-order valence-electron chi connectivity index (χ4n) is 9.49. The van der Waals surface area contributed by atoms with Gasteiger partial charge in [-0.3, -0.25) is 0 Å². The van der Waals surface area contributed by atoms with Gasteiger partial charge >= 0.3 is 0 Å². The Labute approximate surface area is 204 Å². The van der Waals surface area contributed by atoms with Crippen molar-refractivity contribution < 1.29 is 35.7 Å². The van der Waals surface area contributed by atoms with Crippen molar-refractivity contribution >= 4 is 0 Å². The van der Waals surface area contributed by atoms with Gasteiger partial charge in [0, 0.05) is 18.3 Å². The normalized spacial score (nSPS) is 52.9. The number of rotatable bonds is 5. The molecule has 4 aliphatic carbocycles. The summed E-state index contributed by atoms with van der Waals surface area (Å²) in [6.45, 7) is 9.59. The Balaban J connectivity index is 1.60. The van der Waals surface area contributed by atoms with Crippen LogP contribution in [0.1, 0.15) is 86.0 Å². The molecule has 2 unspecified atom stereocenters. The quantitative estimate of drug-likeness (QED) is 0.314. The van der Waals surface area contributed by atoms with Gasteiger partial charge in [0.05, 0.1) is 41.7 Å². The van der Waals surface area contributed by atoms with Gasteiger partial charge in [-0.25, -0.2) is 0 Å². The van der Waals surface area contributed by atoms with Crippen molar-refractivity contribution in [3.63, 3.8) is 0 Å². The van der Waals surface area contributed by atoms with Gasteiger partial charge in [-0.1, -0.05) is 20.8 Å². The molecule has 4 saturated carbocycles. The summed E-state index contributed by atoms with van der Waals surface area (Å²) in [5.74, 6) is -0.656. The molecule has 7 N–H and O–H groups in total. The lowest BCUT2D eigenvalue weighted by Gasteiger charge is -2.66. The smallest absolute Gasteiger partial charge is 0.0857 e. The van der Waals surface area contributed by atoms with Gasteiger partial charge in [-0.05, 0) is 87.4 Å². The predicted molar refractivity (Wildman–Crippen MR) is 128 cm³/mol. The van der Waals surface area contributed by atoms with E-state index in [1.54, 1.807) is 13.8 Å². The number of aliphatic hydroxyl groups is 7. The second-order valence-corrected chi connectivity index (χ2v) is 13.6. The zero-order valence-electron chi connectivity index (χ0n) is 21.6. The highest BCUT2D eigenvalue weighted by molar-refractivity contribution is 5.20. The molecule has 34 heavy (non-hydrogen) atoms. The van der Waals surface area contributed by atoms with E-state index in [1.165, 1.54) is 0 Å². The maximum absolute atomic E-state index is 12.3. The SMILES string of the molecule is C[C@H](CC[C@@H](O)C(C)(C)O)[C@H]1C[C@@H](O)[C@@H]2[C@]1(C)CC[C@H]1[C@@]2(O)CC(O)C2[C@@H](O)[C@@H](O)CC[C@@]21C. The van der Waals surface area contributed by atoms with Crippen LogP contribution in [0.15, 0.2) is 0 Å². The molecule has 4 rings (SSSR count). The molecular weight excluding hydrogens is 436 g/mol. The fourth-order valence-corrected chi connectivity index (χ4v) is 9.49. The third-order valence-corrected chi connectivity index (χ3v) is 11.2. The van der Waals surface area contributed by atoms with Gasteiger partial charge in [-0.2, -0.15) is 0 Å². The monoisotopic (exact) mass is 484 g/mol. The lowest BCUT2D eigenvalue weighted by molar-refractivity contribution is -0.280. The molecule has 198 valence electrons. The molecule has 7 nitrogen and oxygen atoms in total. The third kappa shape index (κ3) is 3.89. The van der Waals surface area contributed by atoms with Gasteiger partial charge in [0.25, 0.3) is 0 Å². The summed E-state index contributed by atoms with van der Waals surface area (Å²) in [5.41, 5.74) is -3.21. The second-order valence-electron chi connectivity index (χ2n) is 13.6. The largest absolute Gasteiger partial charge is 0.393 e. The fraction of sp³-hybridized carbons (Fsp3) is 1.00. The molecule has 4 aliphatic rings. The maximum Gasteiger partial charge on any atom is 0.0857 e. The Hall–Kier alpha value is -0.280. The number of hydrogen-bond acceptors (Lipinski definition) is 7. The number of fused-ring (bicyclic) bond motifs is 5. The standard InChI is InChI=1S/C27H48O7/c1-14(6-7-20(31)24(2,3)33)15-12-17(29)23-25(15,4)11-9-19-26(5)10-8-16(28)22(32)21(26)18(30)13-27(19,23)34/h14-23,28-34H,6-13H2,1-5H3/t14-,15-,16+,17-,18?,19-,20-,21?,22+,23-,25-,26-,27+/m1/s1. The van der Waals surface area contributed by atoms with E-state index in [4.69, 9.17) is 0 Å². The predicted octanol–water partition coefficient (Wildman–Crippen LogP) is 1.58. The van der Waals surface area contributed by atoms with Crippen LogP contribution in [0, 0.1) is 40.4 Å². The van der Waals surface area contributed by atoms with Crippen LogP contribution in [-0.2, 0) is 0 Å². The zero-order valence-corrected chi connectivity index (χ0v) is 21.6. The van der Waals surface area contributed by atoms with E-state index >= 15 is 0 Å². The number of aliphatic hydroxyl groups excluding tert-OH is 5. The Bertz CT molecular complexity index is 754. The molecule has 13 atom stereocenters. The molecule has 0 aromatic carbocycles. The summed E-state index contributed by atoms with van der Waals surface area (Å²) < 4.78 is 0. The Kier molecular flexibility index (Phi) is 6.81. The van der Waals surface area contributed by atoms with Crippen LogP contribution in [-0.4, -0.2) is 77.5 Å². The first-order chi connectivity index (χ1) is 15.6. The molecule has 4 fully saturated rings. The maximum atomic E-state index is 12.3. The van der Waals surface area contributed by atoms with E-state index in [0.717, 1.165) is 19.3 Å². The highest BCUT2D eigenvalue weighted by Gasteiger charge is 2.71. The van der Waals surface area contributed by atoms with Crippen LogP contribution in [0.5, 0.6) is 0 Å². The lowest BCUT2D eigenvalue weighted by atomic mass is 9.41. The van der Waals surface area contributed by atoms with Crippen LogP contribution in [0.25, 0.3) is 0 Å². The Morgan fingerprint density at radius 2 is 1.53 bits per heavy atom. The van der Waals surface area contributed by atoms with Crippen molar-refractivity contribution in [2.45, 2.75) is 128 Å². The molecule has 0 amide bonds. The van der Waals surface area contributed by atoms with E-state index in [2.05, 4.69) is 13.8 Å². The second kappa shape index (κ2) is 8.64. The molecule has 0 radical (unpaired) electrons. The lowest BCUT2D eigenvalue weighted by Crippen LogP contribution is -2.70. The molecule has 0 bridgehead atoms. The Morgan fingerprint density at radius 3 is 2.15 bits per heavy atom. The van der Waals surface area contributed by atoms with Gasteiger partial charge in [-0.15, -0.1) is 0 Å². The minimum absolute atomic E-state index is 0.109. The van der Waals surface area contributed by atoms with Gasteiger partial charge < -0.3 is 35.7 Å². The minimum atomic E-state index is -1.24. The van der Waals surface area contributed by atoms with Gasteiger partial charge in [0.1, 0.15) is 0 Å². The van der Waals surface area contributed by atoms with E-state index < -0.39 is 53.1 Å². The molecular formula is C27H48O7. The van der Waals surface area contributed by atoms with Crippen molar-refractivity contribution in [2.75, 3.05) is 0 Å². The molecule has 0 aromatic heterocycles. The highest BCUT2D eigenvalue weighted by atomic mass is 16.3. The summed E-state index contributed by atoms with van der Waals surface area (Å²) in [6, 6.07) is 0. The molecule has 0 heterocycles. The summed E-state index contributed by atoms with van der Waals surface area (Å²) >= 11 is 0. The van der Waals surface area contributed by atoms with Crippen molar-refractivity contribution in [3.05, 3.63) is 0 Å². The van der Waals surface area contributed by atoms with Crippen LogP contribution in [0.3, 0.4) is 0 Å². The first kappa shape index (κ1) is 26.8. The van der Waals surface area contributed by atoms with Crippen LogP contribution in [0.4, 0.5) is 0 Å². The van der Waals surface area contributed by atoms with Crippen molar-refractivity contribution in [1.29, 1.82) is 0 Å².